The average Bonchev–Trinajstić information content (AvgIpc) is 3.73. The third-order valence-electron chi connectivity index (χ3n) is 15.2. The van der Waals surface area contributed by atoms with Crippen LogP contribution in [0.25, 0.3) is 11.2 Å². The molecule has 0 radical (unpaired) electrons. The number of nitrogens with zero attached hydrogens (tertiary/aromatic N) is 7. The van der Waals surface area contributed by atoms with E-state index in [-0.39, 0.29) is 17.1 Å². The Morgan fingerprint density at radius 1 is 0.708 bits per heavy atom. The third-order valence-corrected chi connectivity index (χ3v) is 19.6. The highest BCUT2D eigenvalue weighted by Crippen LogP contribution is 2.71. The standard InChI is InChI=1S/C53H97N7O4Si/c1-10-12-14-16-18-20-22-24-26-28-30-32-34-36-38-59(39-37-35-33-31-29-27-25-23-21-19-17-15-13-11-2)61-41-52-40-53(64-65(8,9)51(3,4)5)47(52)46(62-53)50(63-52)60-44-56-45-48(57-43-58(6)7)54-42-55-49(45)60/h42-44,46-47,50H,10-41H2,1-9H3/b57-43-/t46?,47?,50-,52-,53?/m1/s1. The quantitative estimate of drug-likeness (QED) is 0.0214. The van der Waals surface area contributed by atoms with Crippen LogP contribution in [0.2, 0.25) is 18.1 Å². The Kier molecular flexibility index (Phi) is 22.7. The van der Waals surface area contributed by atoms with Crippen molar-refractivity contribution in [3.63, 3.8) is 0 Å². The summed E-state index contributed by atoms with van der Waals surface area (Å²) in [5, 5.41) is 2.35. The van der Waals surface area contributed by atoms with Gasteiger partial charge in [-0.25, -0.2) is 19.9 Å². The number of imidazole rings is 1. The summed E-state index contributed by atoms with van der Waals surface area (Å²) in [4.78, 5) is 27.3. The molecule has 0 aromatic carbocycles. The lowest BCUT2D eigenvalue weighted by atomic mass is 9.59. The zero-order chi connectivity index (χ0) is 46.6. The van der Waals surface area contributed by atoms with Gasteiger partial charge in [-0.3, -0.25) is 9.40 Å². The van der Waals surface area contributed by atoms with E-state index in [0.29, 0.717) is 30.0 Å². The lowest BCUT2D eigenvalue weighted by molar-refractivity contribution is -0.431. The molecule has 3 fully saturated rings. The summed E-state index contributed by atoms with van der Waals surface area (Å²) in [5.74, 6) is -0.0512. The van der Waals surface area contributed by atoms with Crippen molar-refractivity contribution in [2.45, 2.75) is 263 Å². The van der Waals surface area contributed by atoms with E-state index in [1.807, 2.05) is 29.9 Å². The summed E-state index contributed by atoms with van der Waals surface area (Å²) in [6, 6.07) is 0. The van der Waals surface area contributed by atoms with Gasteiger partial charge in [-0.05, 0) is 31.0 Å². The van der Waals surface area contributed by atoms with Crippen molar-refractivity contribution in [2.75, 3.05) is 33.8 Å². The number of aromatic nitrogens is 4. The monoisotopic (exact) mass is 924 g/mol. The number of fused-ring (bicyclic) bond motifs is 1. The number of hydroxylamine groups is 2. The third kappa shape index (κ3) is 15.8. The smallest absolute Gasteiger partial charge is 0.195 e. The first-order chi connectivity index (χ1) is 31.4. The summed E-state index contributed by atoms with van der Waals surface area (Å²) < 4.78 is 23.3. The van der Waals surface area contributed by atoms with Gasteiger partial charge in [0.25, 0.3) is 0 Å². The minimum atomic E-state index is -2.15. The molecule has 4 heterocycles. The van der Waals surface area contributed by atoms with Crippen molar-refractivity contribution in [3.05, 3.63) is 12.7 Å². The fourth-order valence-electron chi connectivity index (χ4n) is 10.2. The van der Waals surface area contributed by atoms with Crippen LogP contribution < -0.4 is 0 Å². The van der Waals surface area contributed by atoms with Gasteiger partial charge in [0.15, 0.2) is 37.3 Å². The second-order valence-corrected chi connectivity index (χ2v) is 26.8. The van der Waals surface area contributed by atoms with Gasteiger partial charge in [-0.15, -0.1) is 0 Å². The molecule has 0 bridgehead atoms. The molecule has 3 unspecified atom stereocenters. The Morgan fingerprint density at radius 3 is 1.65 bits per heavy atom. The molecule has 3 aliphatic rings. The maximum atomic E-state index is 7.20. The zero-order valence-electron chi connectivity index (χ0n) is 43.4. The van der Waals surface area contributed by atoms with Crippen LogP contribution >= 0.6 is 0 Å². The first-order valence-corrected chi connectivity index (χ1v) is 30.1. The molecule has 1 aliphatic carbocycles. The first kappa shape index (κ1) is 54.0. The lowest BCUT2D eigenvalue weighted by Crippen LogP contribution is -2.80. The Bertz CT molecular complexity index is 1620. The number of unbranched alkanes of at least 4 members (excludes halogenated alkanes) is 26. The Morgan fingerprint density at radius 2 is 1.18 bits per heavy atom. The van der Waals surface area contributed by atoms with Crippen LogP contribution in [0.5, 0.6) is 0 Å². The normalized spacial score (nSPS) is 22.9. The molecule has 2 aromatic heterocycles. The highest BCUT2D eigenvalue weighted by Gasteiger charge is 2.83. The molecule has 2 aromatic rings. The highest BCUT2D eigenvalue weighted by atomic mass is 28.4. The van der Waals surface area contributed by atoms with E-state index >= 15 is 0 Å². The first-order valence-electron chi connectivity index (χ1n) is 27.2. The van der Waals surface area contributed by atoms with Gasteiger partial charge in [-0.1, -0.05) is 202 Å². The maximum absolute atomic E-state index is 7.20. The lowest BCUT2D eigenvalue weighted by Gasteiger charge is -2.67. The van der Waals surface area contributed by atoms with Crippen molar-refractivity contribution in [1.82, 2.24) is 29.5 Å². The van der Waals surface area contributed by atoms with Crippen LogP contribution in [0.3, 0.4) is 0 Å². The number of aliphatic imine (C=N–C) groups is 1. The van der Waals surface area contributed by atoms with E-state index in [9.17, 15) is 0 Å². The summed E-state index contributed by atoms with van der Waals surface area (Å²) in [5.41, 5.74) is 0.820. The van der Waals surface area contributed by atoms with Crippen molar-refractivity contribution < 1.29 is 18.7 Å². The molecule has 5 atom stereocenters. The van der Waals surface area contributed by atoms with Crippen LogP contribution in [-0.2, 0) is 18.7 Å². The Balaban J connectivity index is 1.16. The zero-order valence-corrected chi connectivity index (χ0v) is 44.4. The second-order valence-electron chi connectivity index (χ2n) is 22.1. The minimum Gasteiger partial charge on any atom is -0.389 e. The molecule has 65 heavy (non-hydrogen) atoms. The molecule has 2 aliphatic heterocycles. The summed E-state index contributed by atoms with van der Waals surface area (Å²) in [7, 11) is 1.73. The summed E-state index contributed by atoms with van der Waals surface area (Å²) in [6.07, 6.45) is 43.5. The van der Waals surface area contributed by atoms with E-state index in [4.69, 9.17) is 23.7 Å². The van der Waals surface area contributed by atoms with Crippen LogP contribution in [0.1, 0.15) is 227 Å². The Hall–Kier alpha value is -1.96. The van der Waals surface area contributed by atoms with E-state index in [1.54, 1.807) is 12.7 Å². The van der Waals surface area contributed by atoms with Gasteiger partial charge in [0, 0.05) is 33.6 Å². The number of hydrogen-bond donors (Lipinski definition) is 0. The molecule has 11 nitrogen and oxygen atoms in total. The molecule has 372 valence electrons. The SMILES string of the molecule is CCCCCCCCCCCCCCCCN(CCCCCCCCCCCCCCCC)OC[C@]12CC3(O[Si](C)(C)C(C)(C)C)OC(C31)[C@H](n1cnc3c(/N=C\N(C)C)ncnc31)O2. The molecular formula is C53H97N7O4Si. The van der Waals surface area contributed by atoms with E-state index in [0.717, 1.165) is 13.1 Å². The van der Waals surface area contributed by atoms with Gasteiger partial charge in [0.2, 0.25) is 0 Å². The van der Waals surface area contributed by atoms with Gasteiger partial charge >= 0.3 is 0 Å². The van der Waals surface area contributed by atoms with Gasteiger partial charge in [0.05, 0.1) is 25.2 Å². The van der Waals surface area contributed by atoms with Crippen LogP contribution in [-0.4, -0.2) is 95.4 Å². The molecular weight excluding hydrogens is 827 g/mol. The van der Waals surface area contributed by atoms with Gasteiger partial charge in [-0.2, -0.15) is 5.06 Å². The van der Waals surface area contributed by atoms with Crippen molar-refractivity contribution in [2.24, 2.45) is 10.9 Å². The largest absolute Gasteiger partial charge is 0.389 e. The average molecular weight is 924 g/mol. The molecule has 0 N–H and O–H groups in total. The molecule has 5 rings (SSSR count). The van der Waals surface area contributed by atoms with Crippen molar-refractivity contribution in [3.8, 4) is 0 Å². The molecule has 1 saturated carbocycles. The molecule has 0 spiro atoms. The van der Waals surface area contributed by atoms with Crippen molar-refractivity contribution >= 4 is 31.6 Å². The fraction of sp³-hybridized carbons (Fsp3) is 0.887. The minimum absolute atomic E-state index is 0.0582. The van der Waals surface area contributed by atoms with Gasteiger partial charge < -0.3 is 18.8 Å². The predicted molar refractivity (Wildman–Crippen MR) is 272 cm³/mol. The fourth-order valence-corrected chi connectivity index (χ4v) is 11.7. The molecule has 2 saturated heterocycles. The number of rotatable bonds is 38. The highest BCUT2D eigenvalue weighted by molar-refractivity contribution is 6.74. The van der Waals surface area contributed by atoms with Crippen molar-refractivity contribution in [1.29, 1.82) is 0 Å². The maximum Gasteiger partial charge on any atom is 0.195 e. The Labute approximate surface area is 398 Å². The molecule has 12 heteroatoms. The summed E-state index contributed by atoms with van der Waals surface area (Å²) >= 11 is 0. The van der Waals surface area contributed by atoms with Crippen LogP contribution in [0.15, 0.2) is 17.6 Å². The molecule has 0 amide bonds. The number of ether oxygens (including phenoxy) is 2. The number of hydrogen-bond acceptors (Lipinski definition) is 9. The van der Waals surface area contributed by atoms with Gasteiger partial charge in [0.1, 0.15) is 18.0 Å². The van der Waals surface area contributed by atoms with Crippen LogP contribution in [0.4, 0.5) is 5.82 Å². The van der Waals surface area contributed by atoms with E-state index in [2.05, 4.69) is 67.7 Å². The van der Waals surface area contributed by atoms with E-state index < -0.39 is 25.9 Å². The van der Waals surface area contributed by atoms with Crippen LogP contribution in [0, 0.1) is 5.92 Å². The summed E-state index contributed by atoms with van der Waals surface area (Å²) in [6.45, 7) is 18.6. The predicted octanol–water partition coefficient (Wildman–Crippen LogP) is 14.6. The second kappa shape index (κ2) is 27.3. The topological polar surface area (TPSA) is 99.4 Å². The van der Waals surface area contributed by atoms with E-state index in [1.165, 1.54) is 180 Å².